The van der Waals surface area contributed by atoms with Gasteiger partial charge in [0.15, 0.2) is 0 Å². The van der Waals surface area contributed by atoms with Gasteiger partial charge in [-0.1, -0.05) is 38.1 Å². The van der Waals surface area contributed by atoms with E-state index in [1.165, 1.54) is 36.4 Å². The largest absolute Gasteiger partial charge is 0.508 e. The molecule has 0 saturated carbocycles. The highest BCUT2D eigenvalue weighted by Crippen LogP contribution is 2.13. The lowest BCUT2D eigenvalue weighted by Gasteiger charge is -2.27. The second kappa shape index (κ2) is 15.2. The van der Waals surface area contributed by atoms with Gasteiger partial charge < -0.3 is 42.7 Å². The minimum Gasteiger partial charge on any atom is -0.508 e. The number of rotatable bonds is 15. The molecule has 13 heteroatoms. The molecule has 0 heterocycles. The molecule has 0 aliphatic carbocycles. The molecular weight excluding hydrogens is 534 g/mol. The lowest BCUT2D eigenvalue weighted by molar-refractivity contribution is -0.142. The summed E-state index contributed by atoms with van der Waals surface area (Å²) in [6, 6.07) is 7.08. The van der Waals surface area contributed by atoms with Crippen molar-refractivity contribution in [3.8, 4) is 11.5 Å². The van der Waals surface area contributed by atoms with Gasteiger partial charge in [0.25, 0.3) is 0 Å². The van der Waals surface area contributed by atoms with Crippen molar-refractivity contribution in [2.45, 2.75) is 63.7 Å². The number of benzene rings is 2. The van der Waals surface area contributed by atoms with Gasteiger partial charge in [0.2, 0.25) is 23.6 Å². The number of hydrogen-bond donors (Lipinski definition) is 8. The summed E-state index contributed by atoms with van der Waals surface area (Å²) in [6.45, 7) is 3.29. The summed E-state index contributed by atoms with van der Waals surface area (Å²) < 4.78 is 0. The lowest BCUT2D eigenvalue weighted by atomic mass is 10.00. The summed E-state index contributed by atoms with van der Waals surface area (Å²) in [7, 11) is 0. The molecule has 2 rings (SSSR count). The predicted octanol–water partition coefficient (Wildman–Crippen LogP) is -0.329. The van der Waals surface area contributed by atoms with E-state index >= 15 is 0 Å². The van der Waals surface area contributed by atoms with Crippen LogP contribution in [-0.4, -0.2) is 69.1 Å². The Balaban J connectivity index is 2.12. The van der Waals surface area contributed by atoms with Crippen LogP contribution in [0.1, 0.15) is 37.8 Å². The first-order valence-electron chi connectivity index (χ1n) is 13.0. The molecule has 222 valence electrons. The highest BCUT2D eigenvalue weighted by molar-refractivity contribution is 5.94. The fourth-order valence-corrected chi connectivity index (χ4v) is 3.93. The molecule has 0 fully saturated rings. The maximum atomic E-state index is 13.2. The number of primary amides is 1. The van der Waals surface area contributed by atoms with Crippen molar-refractivity contribution in [3.63, 3.8) is 0 Å². The molecule has 0 aromatic heterocycles. The fourth-order valence-electron chi connectivity index (χ4n) is 3.93. The molecule has 4 amide bonds. The monoisotopic (exact) mass is 571 g/mol. The van der Waals surface area contributed by atoms with Gasteiger partial charge in [0.1, 0.15) is 29.6 Å². The third kappa shape index (κ3) is 10.8. The predicted molar refractivity (Wildman–Crippen MR) is 148 cm³/mol. The van der Waals surface area contributed by atoms with E-state index in [0.717, 1.165) is 0 Å². The molecule has 4 unspecified atom stereocenters. The van der Waals surface area contributed by atoms with Crippen molar-refractivity contribution in [3.05, 3.63) is 59.7 Å². The molecule has 0 spiro atoms. The smallest absolute Gasteiger partial charge is 0.326 e. The number of phenols is 2. The zero-order valence-corrected chi connectivity index (χ0v) is 22.9. The highest BCUT2D eigenvalue weighted by atomic mass is 16.4. The van der Waals surface area contributed by atoms with Crippen LogP contribution in [0.3, 0.4) is 0 Å². The van der Waals surface area contributed by atoms with E-state index in [2.05, 4.69) is 16.0 Å². The molecule has 0 saturated heterocycles. The molecule has 2 aromatic rings. The van der Waals surface area contributed by atoms with E-state index in [1.807, 2.05) is 0 Å². The molecule has 0 radical (unpaired) electrons. The van der Waals surface area contributed by atoms with Crippen molar-refractivity contribution in [1.82, 2.24) is 16.0 Å². The molecule has 10 N–H and O–H groups in total. The summed E-state index contributed by atoms with van der Waals surface area (Å²) in [5.74, 6) is -4.66. The number of nitrogens with two attached hydrogens (primary N) is 2. The first-order valence-corrected chi connectivity index (χ1v) is 13.0. The average Bonchev–Trinajstić information content (AvgIpc) is 2.90. The van der Waals surface area contributed by atoms with E-state index in [9.17, 15) is 39.3 Å². The number of phenolic OH excluding ortho intramolecular Hbond substituents is 2. The number of hydrogen-bond acceptors (Lipinski definition) is 8. The number of carboxylic acids is 1. The quantitative estimate of drug-likeness (QED) is 0.140. The third-order valence-corrected chi connectivity index (χ3v) is 6.28. The molecule has 2 aromatic carbocycles. The van der Waals surface area contributed by atoms with Crippen LogP contribution in [0.15, 0.2) is 48.5 Å². The van der Waals surface area contributed by atoms with Crippen LogP contribution < -0.4 is 27.4 Å². The number of carbonyl (C=O) groups excluding carboxylic acids is 4. The number of carbonyl (C=O) groups is 5. The Kier molecular flexibility index (Phi) is 12.1. The highest BCUT2D eigenvalue weighted by Gasteiger charge is 2.32. The van der Waals surface area contributed by atoms with Crippen LogP contribution in [0, 0.1) is 5.92 Å². The third-order valence-electron chi connectivity index (χ3n) is 6.28. The molecule has 13 nitrogen and oxygen atoms in total. The average molecular weight is 572 g/mol. The van der Waals surface area contributed by atoms with E-state index < -0.39 is 59.7 Å². The number of carboxylic acid groups (broad SMARTS) is 1. The number of aliphatic carboxylic acids is 1. The van der Waals surface area contributed by atoms with Gasteiger partial charge in [0, 0.05) is 12.8 Å². The van der Waals surface area contributed by atoms with Crippen molar-refractivity contribution < 1.29 is 39.3 Å². The van der Waals surface area contributed by atoms with E-state index in [0.29, 0.717) is 11.1 Å². The second-order valence-electron chi connectivity index (χ2n) is 10.0. The van der Waals surface area contributed by atoms with Crippen molar-refractivity contribution in [1.29, 1.82) is 0 Å². The maximum absolute atomic E-state index is 13.2. The van der Waals surface area contributed by atoms with Crippen LogP contribution in [0.4, 0.5) is 0 Å². The van der Waals surface area contributed by atoms with Gasteiger partial charge in [-0.2, -0.15) is 0 Å². The lowest BCUT2D eigenvalue weighted by Crippen LogP contribution is -2.58. The molecular formula is C28H37N5O8. The van der Waals surface area contributed by atoms with Gasteiger partial charge in [-0.05, 0) is 54.2 Å². The topological polar surface area (TPSA) is 234 Å². The van der Waals surface area contributed by atoms with Gasteiger partial charge in [-0.25, -0.2) is 4.79 Å². The summed E-state index contributed by atoms with van der Waals surface area (Å²) >= 11 is 0. The minimum atomic E-state index is -1.33. The number of aromatic hydroxyl groups is 2. The van der Waals surface area contributed by atoms with Gasteiger partial charge in [0.05, 0.1) is 6.04 Å². The van der Waals surface area contributed by atoms with E-state index in [4.69, 9.17) is 11.5 Å². The Bertz CT molecular complexity index is 1220. The summed E-state index contributed by atoms with van der Waals surface area (Å²) in [6.07, 6.45) is -0.372. The fraction of sp³-hybridized carbons (Fsp3) is 0.393. The van der Waals surface area contributed by atoms with Gasteiger partial charge in [-0.3, -0.25) is 19.2 Å². The Morgan fingerprint density at radius 1 is 0.732 bits per heavy atom. The Labute approximate surface area is 237 Å². The molecule has 0 bridgehead atoms. The summed E-state index contributed by atoms with van der Waals surface area (Å²) in [4.78, 5) is 62.4. The summed E-state index contributed by atoms with van der Waals surface area (Å²) in [5, 5.41) is 36.0. The molecule has 0 aliphatic heterocycles. The standard InChI is InChI=1S/C28H37N5O8/c1-15(2)24(27(39)32-22(28(40)41)14-17-5-9-19(35)10-6-17)33-26(38)21(11-12-23(30)36)31-25(37)20(29)13-16-3-7-18(34)8-4-16/h3-10,15,20-22,24,34-35H,11-14,29H2,1-2H3,(H2,30,36)(H,31,37)(H,32,39)(H,33,38)(H,40,41). The normalized spacial score (nSPS) is 13.9. The Hall–Kier alpha value is -4.65. The Morgan fingerprint density at radius 2 is 1.22 bits per heavy atom. The zero-order valence-electron chi connectivity index (χ0n) is 22.9. The van der Waals surface area contributed by atoms with Gasteiger partial charge in [-0.15, -0.1) is 0 Å². The number of amides is 4. The molecule has 4 atom stereocenters. The van der Waals surface area contributed by atoms with Crippen molar-refractivity contribution in [2.75, 3.05) is 0 Å². The molecule has 41 heavy (non-hydrogen) atoms. The second-order valence-corrected chi connectivity index (χ2v) is 10.0. The first kappa shape index (κ1) is 32.6. The van der Waals surface area contributed by atoms with Crippen molar-refractivity contribution in [2.24, 2.45) is 17.4 Å². The van der Waals surface area contributed by atoms with Gasteiger partial charge >= 0.3 is 5.97 Å². The van der Waals surface area contributed by atoms with E-state index in [1.54, 1.807) is 26.0 Å². The Morgan fingerprint density at radius 3 is 1.68 bits per heavy atom. The van der Waals surface area contributed by atoms with E-state index in [-0.39, 0.29) is 37.2 Å². The van der Waals surface area contributed by atoms with Crippen LogP contribution in [0.2, 0.25) is 0 Å². The molecule has 0 aliphatic rings. The van der Waals surface area contributed by atoms with Crippen LogP contribution in [0.5, 0.6) is 11.5 Å². The van der Waals surface area contributed by atoms with Crippen LogP contribution >= 0.6 is 0 Å². The SMILES string of the molecule is CC(C)C(NC(=O)C(CCC(N)=O)NC(=O)C(N)Cc1ccc(O)cc1)C(=O)NC(Cc1ccc(O)cc1)C(=O)O. The zero-order chi connectivity index (χ0) is 30.7. The maximum Gasteiger partial charge on any atom is 0.326 e. The van der Waals surface area contributed by atoms with Crippen LogP contribution in [0.25, 0.3) is 0 Å². The van der Waals surface area contributed by atoms with Crippen molar-refractivity contribution >= 4 is 29.6 Å². The van der Waals surface area contributed by atoms with Crippen LogP contribution in [-0.2, 0) is 36.8 Å². The number of nitrogens with one attached hydrogen (secondary N) is 3. The minimum absolute atomic E-state index is 0.00605. The summed E-state index contributed by atoms with van der Waals surface area (Å²) in [5.41, 5.74) is 12.5. The first-order chi connectivity index (χ1) is 19.3.